The van der Waals surface area contributed by atoms with Crippen LogP contribution in [0.3, 0.4) is 0 Å². The van der Waals surface area contributed by atoms with Gasteiger partial charge in [0, 0.05) is 6.07 Å². The van der Waals surface area contributed by atoms with Crippen molar-refractivity contribution in [1.29, 1.82) is 0 Å². The first-order chi connectivity index (χ1) is 13.6. The van der Waals surface area contributed by atoms with Crippen molar-refractivity contribution in [2.24, 2.45) is 0 Å². The van der Waals surface area contributed by atoms with Crippen LogP contribution in [0.15, 0.2) is 84.9 Å². The fourth-order valence-corrected chi connectivity index (χ4v) is 3.25. The van der Waals surface area contributed by atoms with E-state index in [-0.39, 0.29) is 11.3 Å². The molecule has 138 valence electrons. The number of benzene rings is 4. The van der Waals surface area contributed by atoms with E-state index >= 15 is 0 Å². The highest BCUT2D eigenvalue weighted by Gasteiger charge is 2.10. The minimum absolute atomic E-state index is 0.148. The SMILES string of the molecule is O=C(O)c1ccc(OCc2cccc(-c3cccc4ccccc34)c2)cc1O. The number of fused-ring (bicyclic) bond motifs is 1. The second kappa shape index (κ2) is 7.45. The van der Waals surface area contributed by atoms with Crippen LogP contribution in [-0.2, 0) is 6.61 Å². The minimum Gasteiger partial charge on any atom is -0.507 e. The Morgan fingerprint density at radius 3 is 2.46 bits per heavy atom. The lowest BCUT2D eigenvalue weighted by atomic mass is 9.97. The van der Waals surface area contributed by atoms with Crippen LogP contribution in [0, 0.1) is 0 Å². The summed E-state index contributed by atoms with van der Waals surface area (Å²) in [5.74, 6) is -1.07. The normalized spacial score (nSPS) is 10.7. The lowest BCUT2D eigenvalue weighted by Gasteiger charge is -2.11. The molecular formula is C24H18O4. The van der Waals surface area contributed by atoms with Gasteiger partial charge in [0.2, 0.25) is 0 Å². The molecule has 2 N–H and O–H groups in total. The summed E-state index contributed by atoms with van der Waals surface area (Å²) in [5.41, 5.74) is 3.09. The number of hydrogen-bond donors (Lipinski definition) is 2. The molecule has 4 heteroatoms. The van der Waals surface area contributed by atoms with Crippen LogP contribution >= 0.6 is 0 Å². The van der Waals surface area contributed by atoms with Gasteiger partial charge in [0.15, 0.2) is 0 Å². The van der Waals surface area contributed by atoms with Crippen molar-refractivity contribution in [3.63, 3.8) is 0 Å². The van der Waals surface area contributed by atoms with Crippen LogP contribution < -0.4 is 4.74 Å². The Hall–Kier alpha value is -3.79. The zero-order valence-electron chi connectivity index (χ0n) is 15.0. The molecule has 4 nitrogen and oxygen atoms in total. The van der Waals surface area contributed by atoms with Gasteiger partial charge in [-0.3, -0.25) is 0 Å². The topological polar surface area (TPSA) is 66.8 Å². The number of hydrogen-bond acceptors (Lipinski definition) is 3. The van der Waals surface area contributed by atoms with Crippen LogP contribution in [0.5, 0.6) is 11.5 Å². The standard InChI is InChI=1S/C24H18O4/c25-23-14-19(11-12-22(23)24(26)27)28-15-16-5-3-8-18(13-16)21-10-4-7-17-6-1-2-9-20(17)21/h1-14,25H,15H2,(H,26,27). The first-order valence-corrected chi connectivity index (χ1v) is 8.88. The van der Waals surface area contributed by atoms with Gasteiger partial charge in [-0.05, 0) is 45.7 Å². The van der Waals surface area contributed by atoms with Crippen molar-refractivity contribution >= 4 is 16.7 Å². The predicted octanol–water partition coefficient (Wildman–Crippen LogP) is 5.49. The summed E-state index contributed by atoms with van der Waals surface area (Å²) in [6.45, 7) is 0.310. The molecule has 28 heavy (non-hydrogen) atoms. The van der Waals surface area contributed by atoms with E-state index in [1.165, 1.54) is 29.0 Å². The quantitative estimate of drug-likeness (QED) is 0.487. The number of phenols is 1. The Morgan fingerprint density at radius 1 is 0.857 bits per heavy atom. The fraction of sp³-hybridized carbons (Fsp3) is 0.0417. The molecule has 0 aromatic heterocycles. The number of ether oxygens (including phenoxy) is 1. The summed E-state index contributed by atoms with van der Waals surface area (Å²) in [5, 5.41) is 21.2. The maximum absolute atomic E-state index is 11.0. The molecule has 0 bridgehead atoms. The maximum Gasteiger partial charge on any atom is 0.339 e. The third-order valence-electron chi connectivity index (χ3n) is 4.63. The molecule has 0 aliphatic heterocycles. The molecule has 0 saturated heterocycles. The van der Waals surface area contributed by atoms with E-state index in [2.05, 4.69) is 36.4 Å². The third-order valence-corrected chi connectivity index (χ3v) is 4.63. The molecule has 0 spiro atoms. The first-order valence-electron chi connectivity index (χ1n) is 8.88. The monoisotopic (exact) mass is 370 g/mol. The molecule has 4 aromatic carbocycles. The first kappa shape index (κ1) is 17.6. The zero-order valence-corrected chi connectivity index (χ0v) is 15.0. The number of carbonyl (C=O) groups is 1. The molecule has 0 amide bonds. The van der Waals surface area contributed by atoms with Gasteiger partial charge in [-0.15, -0.1) is 0 Å². The second-order valence-corrected chi connectivity index (χ2v) is 6.50. The van der Waals surface area contributed by atoms with E-state index in [4.69, 9.17) is 9.84 Å². The summed E-state index contributed by atoms with van der Waals surface area (Å²) in [4.78, 5) is 11.0. The van der Waals surface area contributed by atoms with Crippen molar-refractivity contribution in [3.8, 4) is 22.6 Å². The van der Waals surface area contributed by atoms with Crippen molar-refractivity contribution in [1.82, 2.24) is 0 Å². The predicted molar refractivity (Wildman–Crippen MR) is 109 cm³/mol. The number of aromatic hydroxyl groups is 1. The van der Waals surface area contributed by atoms with Crippen LogP contribution in [-0.4, -0.2) is 16.2 Å². The Morgan fingerprint density at radius 2 is 1.64 bits per heavy atom. The van der Waals surface area contributed by atoms with Gasteiger partial charge < -0.3 is 14.9 Å². The molecule has 0 aliphatic rings. The highest BCUT2D eigenvalue weighted by molar-refractivity contribution is 5.96. The Bertz CT molecular complexity index is 1160. The molecule has 0 heterocycles. The summed E-state index contributed by atoms with van der Waals surface area (Å²) in [6.07, 6.45) is 0. The summed E-state index contributed by atoms with van der Waals surface area (Å²) in [6, 6.07) is 26.8. The second-order valence-electron chi connectivity index (χ2n) is 6.50. The van der Waals surface area contributed by atoms with Gasteiger partial charge >= 0.3 is 5.97 Å². The Kier molecular flexibility index (Phi) is 4.68. The van der Waals surface area contributed by atoms with E-state index in [0.717, 1.165) is 16.7 Å². The van der Waals surface area contributed by atoms with Crippen molar-refractivity contribution in [2.45, 2.75) is 6.61 Å². The molecule has 0 unspecified atom stereocenters. The molecule has 0 atom stereocenters. The van der Waals surface area contributed by atoms with E-state index in [0.29, 0.717) is 12.4 Å². The number of carboxylic acid groups (broad SMARTS) is 1. The lowest BCUT2D eigenvalue weighted by molar-refractivity contribution is 0.0693. The minimum atomic E-state index is -1.17. The Labute approximate surface area is 162 Å². The van der Waals surface area contributed by atoms with Gasteiger partial charge in [0.1, 0.15) is 23.7 Å². The Balaban J connectivity index is 1.58. The largest absolute Gasteiger partial charge is 0.507 e. The summed E-state index contributed by atoms with van der Waals surface area (Å²) in [7, 11) is 0. The average Bonchev–Trinajstić information content (AvgIpc) is 2.72. The molecule has 0 saturated carbocycles. The smallest absolute Gasteiger partial charge is 0.339 e. The van der Waals surface area contributed by atoms with E-state index < -0.39 is 5.97 Å². The molecule has 0 radical (unpaired) electrons. The lowest BCUT2D eigenvalue weighted by Crippen LogP contribution is -1.99. The molecule has 4 rings (SSSR count). The van der Waals surface area contributed by atoms with Crippen LogP contribution in [0.2, 0.25) is 0 Å². The van der Waals surface area contributed by atoms with Gasteiger partial charge in [-0.25, -0.2) is 4.79 Å². The number of carboxylic acids is 1. The summed E-state index contributed by atoms with van der Waals surface area (Å²) >= 11 is 0. The fourth-order valence-electron chi connectivity index (χ4n) is 3.25. The highest BCUT2D eigenvalue weighted by Crippen LogP contribution is 2.29. The van der Waals surface area contributed by atoms with E-state index in [1.807, 2.05) is 30.3 Å². The van der Waals surface area contributed by atoms with Gasteiger partial charge in [0.05, 0.1) is 0 Å². The van der Waals surface area contributed by atoms with Crippen molar-refractivity contribution < 1.29 is 19.7 Å². The molecule has 0 aliphatic carbocycles. The van der Waals surface area contributed by atoms with Crippen molar-refractivity contribution in [3.05, 3.63) is 96.1 Å². The zero-order chi connectivity index (χ0) is 19.5. The number of rotatable bonds is 5. The van der Waals surface area contributed by atoms with Crippen LogP contribution in [0.1, 0.15) is 15.9 Å². The van der Waals surface area contributed by atoms with Gasteiger partial charge in [-0.1, -0.05) is 60.7 Å². The number of aromatic carboxylic acids is 1. The van der Waals surface area contributed by atoms with E-state index in [1.54, 1.807) is 0 Å². The molecule has 0 fully saturated rings. The highest BCUT2D eigenvalue weighted by atomic mass is 16.5. The van der Waals surface area contributed by atoms with E-state index in [9.17, 15) is 9.90 Å². The van der Waals surface area contributed by atoms with Crippen LogP contribution in [0.25, 0.3) is 21.9 Å². The van der Waals surface area contributed by atoms with Crippen LogP contribution in [0.4, 0.5) is 0 Å². The maximum atomic E-state index is 11.0. The van der Waals surface area contributed by atoms with Crippen molar-refractivity contribution in [2.75, 3.05) is 0 Å². The average molecular weight is 370 g/mol. The van der Waals surface area contributed by atoms with Gasteiger partial charge in [0.25, 0.3) is 0 Å². The molecular weight excluding hydrogens is 352 g/mol. The van der Waals surface area contributed by atoms with Gasteiger partial charge in [-0.2, -0.15) is 0 Å². The summed E-state index contributed by atoms with van der Waals surface area (Å²) < 4.78 is 5.73. The molecule has 4 aromatic rings. The third kappa shape index (κ3) is 3.53.